The number of pyridine rings is 1. The lowest BCUT2D eigenvalue weighted by Crippen LogP contribution is -2.43. The van der Waals surface area contributed by atoms with Gasteiger partial charge in [-0.05, 0) is 24.1 Å². The van der Waals surface area contributed by atoms with Gasteiger partial charge in [0.15, 0.2) is 0 Å². The van der Waals surface area contributed by atoms with Crippen molar-refractivity contribution in [3.05, 3.63) is 48.8 Å². The van der Waals surface area contributed by atoms with E-state index in [1.807, 2.05) is 31.1 Å². The zero-order chi connectivity index (χ0) is 28.4. The minimum Gasteiger partial charge on any atom is -0.475 e. The van der Waals surface area contributed by atoms with Gasteiger partial charge in [-0.3, -0.25) is 9.88 Å². The number of hydrogen-bond donors (Lipinski definition) is 2. The predicted octanol–water partition coefficient (Wildman–Crippen LogP) is 2.85. The molecular weight excluding hydrogens is 530 g/mol. The highest BCUT2D eigenvalue weighted by Crippen LogP contribution is 2.34. The molecule has 0 saturated carbocycles. The molecule has 1 spiro atoms. The molecule has 0 radical (unpaired) electrons. The van der Waals surface area contributed by atoms with Crippen LogP contribution in [0.5, 0.6) is 0 Å². The molecule has 2 aliphatic heterocycles. The molecule has 0 aliphatic carbocycles. The number of ether oxygens (including phenoxy) is 2. The SMILES string of the molecule is O=C(O)C(F)(F)F.O=C(O)C(F)(F)F.c1cc(CN2CCOCC3(CC(Cn4ccnc4)CO3)C2)ccn1. The minimum absolute atomic E-state index is 0.172. The summed E-state index contributed by atoms with van der Waals surface area (Å²) in [6, 6.07) is 4.16. The van der Waals surface area contributed by atoms with Crippen molar-refractivity contribution in [2.24, 2.45) is 5.92 Å². The molecule has 4 heterocycles. The van der Waals surface area contributed by atoms with E-state index in [2.05, 4.69) is 31.6 Å². The molecule has 2 fully saturated rings. The number of aliphatic carboxylic acids is 2. The standard InChI is InChI=1S/C18H24N4O2.2C2HF3O2/c1-3-19-4-2-16(1)10-21-7-8-23-14-18(13-21)9-17(12-24-18)11-22-6-5-20-15-22;2*3-2(4,5)1(6)7/h1-6,15,17H,7-14H2;2*(H,6,7). The highest BCUT2D eigenvalue weighted by molar-refractivity contribution is 5.73. The number of halogens is 6. The summed E-state index contributed by atoms with van der Waals surface area (Å²) in [4.78, 5) is 28.5. The van der Waals surface area contributed by atoms with Crippen LogP contribution in [0.15, 0.2) is 43.2 Å². The van der Waals surface area contributed by atoms with Crippen molar-refractivity contribution in [1.29, 1.82) is 0 Å². The van der Waals surface area contributed by atoms with Crippen LogP contribution in [-0.2, 0) is 32.2 Å². The van der Waals surface area contributed by atoms with Crippen molar-refractivity contribution >= 4 is 11.9 Å². The van der Waals surface area contributed by atoms with Crippen LogP contribution < -0.4 is 0 Å². The fourth-order valence-electron chi connectivity index (χ4n) is 3.82. The third kappa shape index (κ3) is 10.6. The van der Waals surface area contributed by atoms with Crippen molar-refractivity contribution in [2.75, 3.05) is 32.9 Å². The monoisotopic (exact) mass is 556 g/mol. The number of imidazole rings is 1. The topological polar surface area (TPSA) is 127 Å². The summed E-state index contributed by atoms with van der Waals surface area (Å²) in [5.74, 6) is -5.00. The first-order valence-corrected chi connectivity index (χ1v) is 11.1. The molecule has 4 rings (SSSR count). The van der Waals surface area contributed by atoms with E-state index in [1.54, 1.807) is 0 Å². The largest absolute Gasteiger partial charge is 0.490 e. The minimum atomic E-state index is -5.08. The number of carboxylic acids is 2. The number of hydrogen-bond acceptors (Lipinski definition) is 7. The Morgan fingerprint density at radius 2 is 1.63 bits per heavy atom. The van der Waals surface area contributed by atoms with Gasteiger partial charge in [-0.25, -0.2) is 14.6 Å². The molecule has 10 nitrogen and oxygen atoms in total. The summed E-state index contributed by atoms with van der Waals surface area (Å²) in [7, 11) is 0. The summed E-state index contributed by atoms with van der Waals surface area (Å²) in [6.07, 6.45) is 0.308. The van der Waals surface area contributed by atoms with Crippen LogP contribution >= 0.6 is 0 Å². The molecule has 212 valence electrons. The summed E-state index contributed by atoms with van der Waals surface area (Å²) < 4.78 is 77.8. The fourth-order valence-corrected chi connectivity index (χ4v) is 3.82. The van der Waals surface area contributed by atoms with Crippen molar-refractivity contribution in [3.8, 4) is 0 Å². The third-order valence-electron chi connectivity index (χ3n) is 5.38. The second-order valence-electron chi connectivity index (χ2n) is 8.55. The van der Waals surface area contributed by atoms with Crippen LogP contribution in [-0.4, -0.2) is 92.5 Å². The Hall–Kier alpha value is -3.24. The zero-order valence-electron chi connectivity index (χ0n) is 19.9. The molecule has 0 bridgehead atoms. The summed E-state index contributed by atoms with van der Waals surface area (Å²) in [6.45, 7) is 6.01. The van der Waals surface area contributed by atoms with Gasteiger partial charge >= 0.3 is 24.3 Å². The Morgan fingerprint density at radius 3 is 2.16 bits per heavy atom. The lowest BCUT2D eigenvalue weighted by molar-refractivity contribution is -0.193. The van der Waals surface area contributed by atoms with E-state index in [-0.39, 0.29) is 5.60 Å². The number of carboxylic acid groups (broad SMARTS) is 2. The quantitative estimate of drug-likeness (QED) is 0.547. The van der Waals surface area contributed by atoms with E-state index in [9.17, 15) is 26.3 Å². The Bertz CT molecular complexity index is 982. The molecule has 16 heteroatoms. The molecule has 2 aromatic heterocycles. The van der Waals surface area contributed by atoms with Gasteiger partial charge < -0.3 is 24.3 Å². The predicted molar refractivity (Wildman–Crippen MR) is 117 cm³/mol. The molecule has 2 aromatic rings. The highest BCUT2D eigenvalue weighted by atomic mass is 19.4. The van der Waals surface area contributed by atoms with Crippen LogP contribution in [0, 0.1) is 5.92 Å². The van der Waals surface area contributed by atoms with Crippen LogP contribution in [0.1, 0.15) is 12.0 Å². The first-order chi connectivity index (χ1) is 17.7. The van der Waals surface area contributed by atoms with Gasteiger partial charge in [-0.2, -0.15) is 26.3 Å². The summed E-state index contributed by atoms with van der Waals surface area (Å²) in [5, 5.41) is 14.2. The first kappa shape index (κ1) is 31.0. The average molecular weight is 556 g/mol. The Morgan fingerprint density at radius 1 is 1.03 bits per heavy atom. The van der Waals surface area contributed by atoms with E-state index in [0.717, 1.165) is 45.8 Å². The molecule has 2 atom stereocenters. The van der Waals surface area contributed by atoms with Crippen LogP contribution in [0.4, 0.5) is 26.3 Å². The van der Waals surface area contributed by atoms with Crippen LogP contribution in [0.3, 0.4) is 0 Å². The van der Waals surface area contributed by atoms with E-state index < -0.39 is 24.3 Å². The number of alkyl halides is 6. The molecule has 0 aromatic carbocycles. The normalized spacial score (nSPS) is 22.0. The lowest BCUT2D eigenvalue weighted by atomic mass is 9.94. The van der Waals surface area contributed by atoms with Gasteiger partial charge in [0, 0.05) is 56.9 Å². The van der Waals surface area contributed by atoms with Crippen molar-refractivity contribution in [2.45, 2.75) is 37.5 Å². The molecule has 2 N–H and O–H groups in total. The second kappa shape index (κ2) is 13.5. The average Bonchev–Trinajstić information content (AvgIpc) is 3.42. The summed E-state index contributed by atoms with van der Waals surface area (Å²) >= 11 is 0. The maximum Gasteiger partial charge on any atom is 0.490 e. The molecule has 2 unspecified atom stereocenters. The molecule has 0 amide bonds. The zero-order valence-corrected chi connectivity index (χ0v) is 19.9. The van der Waals surface area contributed by atoms with Gasteiger partial charge in [0.05, 0.1) is 26.1 Å². The van der Waals surface area contributed by atoms with Gasteiger partial charge in [0.25, 0.3) is 0 Å². The van der Waals surface area contributed by atoms with E-state index in [4.69, 9.17) is 29.3 Å². The maximum absolute atomic E-state index is 10.6. The smallest absolute Gasteiger partial charge is 0.475 e. The van der Waals surface area contributed by atoms with Gasteiger partial charge in [0.2, 0.25) is 0 Å². The van der Waals surface area contributed by atoms with Gasteiger partial charge in [-0.1, -0.05) is 0 Å². The van der Waals surface area contributed by atoms with Crippen molar-refractivity contribution in [1.82, 2.24) is 19.4 Å². The van der Waals surface area contributed by atoms with Crippen molar-refractivity contribution < 1.29 is 55.6 Å². The maximum atomic E-state index is 10.6. The van der Waals surface area contributed by atoms with E-state index in [1.165, 1.54) is 5.56 Å². The molecular formula is C22H26F6N4O6. The molecule has 38 heavy (non-hydrogen) atoms. The van der Waals surface area contributed by atoms with E-state index >= 15 is 0 Å². The van der Waals surface area contributed by atoms with Gasteiger partial charge in [-0.15, -0.1) is 0 Å². The second-order valence-corrected chi connectivity index (χ2v) is 8.55. The lowest BCUT2D eigenvalue weighted by Gasteiger charge is -2.31. The molecule has 2 aliphatic rings. The highest BCUT2D eigenvalue weighted by Gasteiger charge is 2.43. The first-order valence-electron chi connectivity index (χ1n) is 11.1. The third-order valence-corrected chi connectivity index (χ3v) is 5.38. The van der Waals surface area contributed by atoms with E-state index in [0.29, 0.717) is 12.5 Å². The van der Waals surface area contributed by atoms with Crippen LogP contribution in [0.2, 0.25) is 0 Å². The number of nitrogens with zero attached hydrogens (tertiary/aromatic N) is 4. The Labute approximate surface area is 212 Å². The van der Waals surface area contributed by atoms with Gasteiger partial charge in [0.1, 0.15) is 5.60 Å². The Kier molecular flexibility index (Phi) is 11.0. The number of aromatic nitrogens is 3. The summed E-state index contributed by atoms with van der Waals surface area (Å²) in [5.41, 5.74) is 1.12. The van der Waals surface area contributed by atoms with Crippen molar-refractivity contribution in [3.63, 3.8) is 0 Å². The Balaban J connectivity index is 0.000000301. The molecule has 2 saturated heterocycles. The number of rotatable bonds is 4. The van der Waals surface area contributed by atoms with Crippen LogP contribution in [0.25, 0.3) is 0 Å². The number of carbonyl (C=O) groups is 2. The fraction of sp³-hybridized carbons (Fsp3) is 0.545.